The minimum atomic E-state index is -0.430. The Kier molecular flexibility index (Phi) is 4.66. The molecule has 4 heteroatoms. The molecule has 0 aliphatic carbocycles. The van der Waals surface area contributed by atoms with E-state index in [2.05, 4.69) is 12.2 Å². The van der Waals surface area contributed by atoms with Crippen molar-refractivity contribution in [2.75, 3.05) is 5.32 Å². The Balaban J connectivity index is 2.13. The minimum absolute atomic E-state index is 0.0246. The number of hydrogen-bond acceptors (Lipinski definition) is 3. The summed E-state index contributed by atoms with van der Waals surface area (Å²) in [6.45, 7) is 8.12. The number of aryl methyl sites for hydroxylation is 2. The van der Waals surface area contributed by atoms with Crippen LogP contribution in [0.2, 0.25) is 0 Å². The van der Waals surface area contributed by atoms with Gasteiger partial charge in [0, 0.05) is 11.7 Å². The number of nitrogens with zero attached hydrogens (tertiary/aromatic N) is 1. The average Bonchev–Trinajstić information content (AvgIpc) is 2.72. The maximum atomic E-state index is 12.5. The number of carbonyl (C=O) groups excluding carboxylic acids is 2. The number of carbonyl (C=O) groups is 2. The van der Waals surface area contributed by atoms with Crippen molar-refractivity contribution in [1.82, 2.24) is 4.90 Å². The predicted molar refractivity (Wildman–Crippen MR) is 84.2 cm³/mol. The largest absolute Gasteiger partial charge is 0.373 e. The van der Waals surface area contributed by atoms with E-state index in [4.69, 9.17) is 0 Å². The highest BCUT2D eigenvalue weighted by Crippen LogP contribution is 2.24. The van der Waals surface area contributed by atoms with Crippen molar-refractivity contribution in [2.24, 2.45) is 0 Å². The molecule has 2 amide bonds. The van der Waals surface area contributed by atoms with Gasteiger partial charge in [0.15, 0.2) is 0 Å². The van der Waals surface area contributed by atoms with Crippen LogP contribution in [0.25, 0.3) is 0 Å². The molecule has 1 saturated heterocycles. The van der Waals surface area contributed by atoms with E-state index >= 15 is 0 Å². The molecule has 0 spiro atoms. The van der Waals surface area contributed by atoms with Crippen LogP contribution in [0.4, 0.5) is 5.69 Å². The Hall–Kier alpha value is -1.84. The van der Waals surface area contributed by atoms with E-state index in [1.807, 2.05) is 39.0 Å². The van der Waals surface area contributed by atoms with E-state index in [1.54, 1.807) is 0 Å². The number of imide groups is 1. The molecule has 1 aliphatic rings. The van der Waals surface area contributed by atoms with Gasteiger partial charge in [-0.15, -0.1) is 0 Å². The molecule has 21 heavy (non-hydrogen) atoms. The molecule has 0 saturated carbocycles. The van der Waals surface area contributed by atoms with Crippen LogP contribution in [-0.4, -0.2) is 28.8 Å². The first-order chi connectivity index (χ1) is 9.97. The monoisotopic (exact) mass is 288 g/mol. The summed E-state index contributed by atoms with van der Waals surface area (Å²) in [4.78, 5) is 26.1. The smallest absolute Gasteiger partial charge is 0.252 e. The molecule has 2 rings (SSSR count). The third kappa shape index (κ3) is 3.09. The van der Waals surface area contributed by atoms with Crippen molar-refractivity contribution in [1.29, 1.82) is 0 Å². The van der Waals surface area contributed by atoms with Gasteiger partial charge in [-0.25, -0.2) is 0 Å². The fraction of sp³-hybridized carbons (Fsp3) is 0.529. The Morgan fingerprint density at radius 1 is 1.19 bits per heavy atom. The van der Waals surface area contributed by atoms with Crippen LogP contribution in [0, 0.1) is 13.8 Å². The molecule has 1 aromatic carbocycles. The molecule has 1 heterocycles. The van der Waals surface area contributed by atoms with Gasteiger partial charge in [-0.3, -0.25) is 14.5 Å². The molecule has 4 nitrogen and oxygen atoms in total. The van der Waals surface area contributed by atoms with Crippen LogP contribution in [0.5, 0.6) is 0 Å². The maximum absolute atomic E-state index is 12.5. The van der Waals surface area contributed by atoms with Crippen LogP contribution < -0.4 is 5.32 Å². The number of likely N-dealkylation sites (tertiary alicyclic amines) is 1. The van der Waals surface area contributed by atoms with Gasteiger partial charge < -0.3 is 5.32 Å². The third-order valence-corrected chi connectivity index (χ3v) is 4.34. The summed E-state index contributed by atoms with van der Waals surface area (Å²) in [7, 11) is 0. The second kappa shape index (κ2) is 6.29. The maximum Gasteiger partial charge on any atom is 0.252 e. The zero-order chi connectivity index (χ0) is 15.6. The molecule has 0 bridgehead atoms. The van der Waals surface area contributed by atoms with E-state index < -0.39 is 6.04 Å². The highest BCUT2D eigenvalue weighted by atomic mass is 16.2. The van der Waals surface area contributed by atoms with Crippen LogP contribution in [0.15, 0.2) is 18.2 Å². The van der Waals surface area contributed by atoms with Crippen LogP contribution in [0.3, 0.4) is 0 Å². The quantitative estimate of drug-likeness (QED) is 0.847. The van der Waals surface area contributed by atoms with Gasteiger partial charge >= 0.3 is 0 Å². The molecule has 0 radical (unpaired) electrons. The lowest BCUT2D eigenvalue weighted by Gasteiger charge is -2.24. The topological polar surface area (TPSA) is 49.4 Å². The van der Waals surface area contributed by atoms with E-state index in [1.165, 1.54) is 16.0 Å². The van der Waals surface area contributed by atoms with Crippen molar-refractivity contribution < 1.29 is 9.59 Å². The SMILES string of the molecule is CCC(CC)N1C(=O)CC(Nc2ccc(C)c(C)c2)C1=O. The normalized spacial score (nSPS) is 18.7. The molecular formula is C17H24N2O2. The van der Waals surface area contributed by atoms with Gasteiger partial charge in [0.25, 0.3) is 5.91 Å². The Labute approximate surface area is 126 Å². The summed E-state index contributed by atoms with van der Waals surface area (Å²) in [5.41, 5.74) is 3.29. The fourth-order valence-electron chi connectivity index (χ4n) is 2.83. The first-order valence-corrected chi connectivity index (χ1v) is 7.67. The Morgan fingerprint density at radius 2 is 1.86 bits per heavy atom. The molecule has 1 aromatic rings. The summed E-state index contributed by atoms with van der Waals surface area (Å²) in [5.74, 6) is -0.151. The first kappa shape index (κ1) is 15.5. The van der Waals surface area contributed by atoms with Gasteiger partial charge in [0.1, 0.15) is 6.04 Å². The molecule has 1 fully saturated rings. The lowest BCUT2D eigenvalue weighted by molar-refractivity contribution is -0.141. The van der Waals surface area contributed by atoms with E-state index in [-0.39, 0.29) is 24.3 Å². The Morgan fingerprint density at radius 3 is 2.43 bits per heavy atom. The van der Waals surface area contributed by atoms with E-state index in [0.29, 0.717) is 0 Å². The van der Waals surface area contributed by atoms with Gasteiger partial charge in [0.05, 0.1) is 6.42 Å². The van der Waals surface area contributed by atoms with Crippen LogP contribution in [-0.2, 0) is 9.59 Å². The standard InChI is InChI=1S/C17H24N2O2/c1-5-14(6-2)19-16(20)10-15(17(19)21)18-13-8-7-11(3)12(4)9-13/h7-9,14-15,18H,5-6,10H2,1-4H3. The molecular weight excluding hydrogens is 264 g/mol. The summed E-state index contributed by atoms with van der Waals surface area (Å²) in [6, 6.07) is 5.60. The molecule has 1 aliphatic heterocycles. The number of anilines is 1. The second-order valence-corrected chi connectivity index (χ2v) is 5.77. The van der Waals surface area contributed by atoms with Gasteiger partial charge in [-0.05, 0) is 49.9 Å². The van der Waals surface area contributed by atoms with E-state index in [9.17, 15) is 9.59 Å². The highest BCUT2D eigenvalue weighted by Gasteiger charge is 2.41. The van der Waals surface area contributed by atoms with E-state index in [0.717, 1.165) is 18.5 Å². The van der Waals surface area contributed by atoms with Crippen molar-refractivity contribution in [3.05, 3.63) is 29.3 Å². The zero-order valence-electron chi connectivity index (χ0n) is 13.3. The summed E-state index contributed by atoms with van der Waals surface area (Å²) in [6.07, 6.45) is 1.87. The number of hydrogen-bond donors (Lipinski definition) is 1. The second-order valence-electron chi connectivity index (χ2n) is 5.77. The molecule has 114 valence electrons. The fourth-order valence-corrected chi connectivity index (χ4v) is 2.83. The molecule has 1 atom stereocenters. The van der Waals surface area contributed by atoms with Crippen LogP contribution in [0.1, 0.15) is 44.2 Å². The number of rotatable bonds is 5. The molecule has 1 N–H and O–H groups in total. The molecule has 0 aromatic heterocycles. The van der Waals surface area contributed by atoms with Crippen molar-refractivity contribution in [3.63, 3.8) is 0 Å². The summed E-state index contributed by atoms with van der Waals surface area (Å²) in [5, 5.41) is 3.21. The Bertz CT molecular complexity index is 550. The van der Waals surface area contributed by atoms with Crippen LogP contribution >= 0.6 is 0 Å². The molecule has 1 unspecified atom stereocenters. The highest BCUT2D eigenvalue weighted by molar-refractivity contribution is 6.07. The minimum Gasteiger partial charge on any atom is -0.373 e. The first-order valence-electron chi connectivity index (χ1n) is 7.67. The van der Waals surface area contributed by atoms with Gasteiger partial charge in [0.2, 0.25) is 5.91 Å². The van der Waals surface area contributed by atoms with Crippen molar-refractivity contribution in [3.8, 4) is 0 Å². The average molecular weight is 288 g/mol. The number of nitrogens with one attached hydrogen (secondary N) is 1. The summed E-state index contributed by atoms with van der Waals surface area (Å²) < 4.78 is 0. The number of amides is 2. The third-order valence-electron chi connectivity index (χ3n) is 4.34. The van der Waals surface area contributed by atoms with Gasteiger partial charge in [-0.2, -0.15) is 0 Å². The zero-order valence-corrected chi connectivity index (χ0v) is 13.3. The predicted octanol–water partition coefficient (Wildman–Crippen LogP) is 3.03. The van der Waals surface area contributed by atoms with Gasteiger partial charge in [-0.1, -0.05) is 19.9 Å². The lowest BCUT2D eigenvalue weighted by Crippen LogP contribution is -2.41. The summed E-state index contributed by atoms with van der Waals surface area (Å²) >= 11 is 0. The van der Waals surface area contributed by atoms with Crippen molar-refractivity contribution >= 4 is 17.5 Å². The van der Waals surface area contributed by atoms with Crippen molar-refractivity contribution in [2.45, 2.75) is 59.0 Å². The number of benzene rings is 1. The lowest BCUT2D eigenvalue weighted by atomic mass is 10.1.